The third-order valence-corrected chi connectivity index (χ3v) is 5.37. The molecule has 0 fully saturated rings. The molecule has 2 rings (SSSR count). The van der Waals surface area contributed by atoms with E-state index < -0.39 is 0 Å². The standard InChI is InChI=1S/C19H23O4P.Li/c1-11-7-12(2)18(13(3)8-11)24-19(20)17-15(22-5)9-14(21-4)10-16(17)23-6;/h7-10,24H,1-6H3;/q;+1. The van der Waals surface area contributed by atoms with Gasteiger partial charge in [-0.1, -0.05) is 17.7 Å². The van der Waals surface area contributed by atoms with Crippen LogP contribution in [0.3, 0.4) is 0 Å². The van der Waals surface area contributed by atoms with Crippen molar-refractivity contribution in [3.05, 3.63) is 46.5 Å². The van der Waals surface area contributed by atoms with Gasteiger partial charge in [0.2, 0.25) is 0 Å². The van der Waals surface area contributed by atoms with Crippen LogP contribution in [0.4, 0.5) is 0 Å². The molecule has 1 unspecified atom stereocenters. The van der Waals surface area contributed by atoms with Crippen molar-refractivity contribution in [1.82, 2.24) is 0 Å². The molecule has 1 atom stereocenters. The SMILES string of the molecule is COc1cc(OC)c(C(=O)Pc2c(C)cc(C)cc2C)c(OC)c1.[Li+]. The average molecular weight is 353 g/mol. The summed E-state index contributed by atoms with van der Waals surface area (Å²) >= 11 is 0. The first-order valence-electron chi connectivity index (χ1n) is 7.60. The van der Waals surface area contributed by atoms with Gasteiger partial charge in [-0.25, -0.2) is 0 Å². The molecule has 0 amide bonds. The molecule has 0 saturated carbocycles. The fourth-order valence-corrected chi connectivity index (χ4v) is 3.92. The quantitative estimate of drug-likeness (QED) is 0.569. The van der Waals surface area contributed by atoms with Crippen LogP contribution in [-0.2, 0) is 0 Å². The Morgan fingerprint density at radius 3 is 1.72 bits per heavy atom. The molecule has 25 heavy (non-hydrogen) atoms. The van der Waals surface area contributed by atoms with Crippen molar-refractivity contribution in [3.8, 4) is 17.2 Å². The molecule has 0 radical (unpaired) electrons. The fourth-order valence-electron chi connectivity index (χ4n) is 2.78. The molecule has 0 heterocycles. The maximum absolute atomic E-state index is 13.0. The van der Waals surface area contributed by atoms with Crippen LogP contribution < -0.4 is 38.4 Å². The summed E-state index contributed by atoms with van der Waals surface area (Å²) in [6.07, 6.45) is 0. The van der Waals surface area contributed by atoms with Gasteiger partial charge in [0.15, 0.2) is 5.52 Å². The summed E-state index contributed by atoms with van der Waals surface area (Å²) in [6, 6.07) is 7.61. The minimum absolute atomic E-state index is 0. The van der Waals surface area contributed by atoms with Gasteiger partial charge in [0.05, 0.1) is 21.3 Å². The molecule has 6 heteroatoms. The zero-order chi connectivity index (χ0) is 17.9. The molecule has 0 aromatic heterocycles. The number of aryl methyl sites for hydroxylation is 3. The fraction of sp³-hybridized carbons (Fsp3) is 0.316. The number of hydrogen-bond donors (Lipinski definition) is 0. The van der Waals surface area contributed by atoms with E-state index in [-0.39, 0.29) is 33.0 Å². The average Bonchev–Trinajstić information content (AvgIpc) is 2.56. The Kier molecular flexibility index (Phi) is 8.02. The van der Waals surface area contributed by atoms with E-state index in [0.29, 0.717) is 22.8 Å². The maximum Gasteiger partial charge on any atom is 1.00 e. The Morgan fingerprint density at radius 2 is 1.32 bits per heavy atom. The minimum atomic E-state index is -0.0126. The first-order valence-corrected chi connectivity index (χ1v) is 8.60. The van der Waals surface area contributed by atoms with Crippen molar-refractivity contribution in [2.75, 3.05) is 21.3 Å². The molecule has 0 saturated heterocycles. The van der Waals surface area contributed by atoms with Crippen LogP contribution in [0.5, 0.6) is 17.2 Å². The van der Waals surface area contributed by atoms with Crippen LogP contribution in [0.15, 0.2) is 24.3 Å². The van der Waals surface area contributed by atoms with E-state index in [1.807, 2.05) is 13.8 Å². The monoisotopic (exact) mass is 353 g/mol. The van der Waals surface area contributed by atoms with Gasteiger partial charge in [0.25, 0.3) is 0 Å². The zero-order valence-electron chi connectivity index (χ0n) is 15.9. The number of hydrogen-bond acceptors (Lipinski definition) is 4. The third kappa shape index (κ3) is 4.79. The first-order chi connectivity index (χ1) is 11.4. The summed E-state index contributed by atoms with van der Waals surface area (Å²) in [6.45, 7) is 6.14. The molecule has 4 nitrogen and oxygen atoms in total. The molecule has 2 aromatic rings. The number of methoxy groups -OCH3 is 3. The van der Waals surface area contributed by atoms with Crippen LogP contribution in [0.2, 0.25) is 0 Å². The van der Waals surface area contributed by atoms with E-state index in [1.54, 1.807) is 19.2 Å². The van der Waals surface area contributed by atoms with Crippen LogP contribution in [0.1, 0.15) is 27.0 Å². The minimum Gasteiger partial charge on any atom is -0.496 e. The predicted molar refractivity (Wildman–Crippen MR) is 99.0 cm³/mol. The first kappa shape index (κ1) is 21.6. The smallest absolute Gasteiger partial charge is 0.496 e. The van der Waals surface area contributed by atoms with Gasteiger partial charge in [-0.15, -0.1) is 0 Å². The molecule has 0 aliphatic rings. The Morgan fingerprint density at radius 1 is 0.840 bits per heavy atom. The van der Waals surface area contributed by atoms with Crippen LogP contribution in [0, 0.1) is 20.8 Å². The second-order valence-corrected chi connectivity index (χ2v) is 6.84. The number of carbonyl (C=O) groups is 1. The van der Waals surface area contributed by atoms with Crippen LogP contribution in [0.25, 0.3) is 0 Å². The second kappa shape index (κ2) is 9.29. The summed E-state index contributed by atoms with van der Waals surface area (Å²) in [7, 11) is 4.65. The van der Waals surface area contributed by atoms with Gasteiger partial charge >= 0.3 is 18.9 Å². The normalized spacial score (nSPS) is 10.5. The topological polar surface area (TPSA) is 44.8 Å². The molecule has 128 valence electrons. The molecular formula is C19H23LiO4P+. The Labute approximate surface area is 163 Å². The number of carbonyl (C=O) groups excluding carboxylic acids is 1. The van der Waals surface area contributed by atoms with Crippen molar-refractivity contribution >= 4 is 19.4 Å². The zero-order valence-corrected chi connectivity index (χ0v) is 16.9. The molecule has 0 spiro atoms. The summed E-state index contributed by atoms with van der Waals surface area (Å²) < 4.78 is 16.0. The molecule has 2 aromatic carbocycles. The van der Waals surface area contributed by atoms with Crippen molar-refractivity contribution in [2.24, 2.45) is 0 Å². The number of rotatable bonds is 6. The summed E-state index contributed by atoms with van der Waals surface area (Å²) in [4.78, 5) is 13.0. The van der Waals surface area contributed by atoms with Crippen molar-refractivity contribution < 1.29 is 37.9 Å². The molecule has 0 aliphatic carbocycles. The summed E-state index contributed by atoms with van der Waals surface area (Å²) in [5, 5.41) is 1.07. The molecular weight excluding hydrogens is 330 g/mol. The van der Waals surface area contributed by atoms with Crippen molar-refractivity contribution in [3.63, 3.8) is 0 Å². The van der Waals surface area contributed by atoms with Gasteiger partial charge < -0.3 is 14.2 Å². The summed E-state index contributed by atoms with van der Waals surface area (Å²) in [5.74, 6) is 1.52. The van der Waals surface area contributed by atoms with E-state index in [0.717, 1.165) is 16.4 Å². The van der Waals surface area contributed by atoms with Crippen LogP contribution in [-0.4, -0.2) is 26.9 Å². The van der Waals surface area contributed by atoms with Crippen molar-refractivity contribution in [1.29, 1.82) is 0 Å². The maximum atomic E-state index is 13.0. The Bertz CT molecular complexity index is 726. The van der Waals surface area contributed by atoms with Crippen molar-refractivity contribution in [2.45, 2.75) is 20.8 Å². The molecule has 0 N–H and O–H groups in total. The second-order valence-electron chi connectivity index (χ2n) is 5.63. The number of benzene rings is 2. The summed E-state index contributed by atoms with van der Waals surface area (Å²) in [5.41, 5.74) is 3.90. The largest absolute Gasteiger partial charge is 1.00 e. The van der Waals surface area contributed by atoms with E-state index in [9.17, 15) is 4.79 Å². The Balaban J connectivity index is 0.00000312. The van der Waals surface area contributed by atoms with E-state index in [2.05, 4.69) is 19.1 Å². The van der Waals surface area contributed by atoms with Gasteiger partial charge in [-0.05, 0) is 45.8 Å². The van der Waals surface area contributed by atoms with E-state index in [1.165, 1.54) is 19.8 Å². The predicted octanol–water partition coefficient (Wildman–Crippen LogP) is 0.786. The van der Waals surface area contributed by atoms with Gasteiger partial charge in [-0.3, -0.25) is 4.79 Å². The van der Waals surface area contributed by atoms with Gasteiger partial charge in [0.1, 0.15) is 22.8 Å². The molecule has 0 aliphatic heterocycles. The van der Waals surface area contributed by atoms with Gasteiger partial charge in [-0.2, -0.15) is 0 Å². The molecule has 0 bridgehead atoms. The van der Waals surface area contributed by atoms with Gasteiger partial charge in [0, 0.05) is 12.1 Å². The van der Waals surface area contributed by atoms with Crippen LogP contribution >= 0.6 is 8.58 Å². The van der Waals surface area contributed by atoms with E-state index >= 15 is 0 Å². The third-order valence-electron chi connectivity index (χ3n) is 3.86. The number of ether oxygens (including phenoxy) is 3. The van der Waals surface area contributed by atoms with E-state index in [4.69, 9.17) is 14.2 Å². The Hall–Kier alpha value is -1.46.